The van der Waals surface area contributed by atoms with E-state index < -0.39 is 22.4 Å². The summed E-state index contributed by atoms with van der Waals surface area (Å²) in [5.74, 6) is 0. The van der Waals surface area contributed by atoms with E-state index in [-0.39, 0.29) is 0 Å². The highest BCUT2D eigenvalue weighted by Gasteiger charge is 2.24. The molecule has 0 bridgehead atoms. The molecule has 0 saturated heterocycles. The lowest BCUT2D eigenvalue weighted by Gasteiger charge is -2.16. The largest absolute Gasteiger partial charge is 0.606 e. The van der Waals surface area contributed by atoms with Crippen molar-refractivity contribution in [1.29, 1.82) is 0 Å². The van der Waals surface area contributed by atoms with Crippen LogP contribution in [0.5, 0.6) is 0 Å². The Bertz CT molecular complexity index is 749. The molecular weight excluding hydrogens is 336 g/mol. The maximum Gasteiger partial charge on any atom is 0.161 e. The first-order valence-corrected chi connectivity index (χ1v) is 9.93. The number of rotatable bonds is 4. The molecule has 122 valence electrons. The third-order valence-electron chi connectivity index (χ3n) is 3.79. The number of hydrogen-bond acceptors (Lipinski definition) is 2. The molecule has 0 N–H and O–H groups in total. The van der Waals surface area contributed by atoms with E-state index in [2.05, 4.69) is 0 Å². The van der Waals surface area contributed by atoms with Gasteiger partial charge in [-0.05, 0) is 38.1 Å². The van der Waals surface area contributed by atoms with Gasteiger partial charge in [0, 0.05) is 45.6 Å². The van der Waals surface area contributed by atoms with Gasteiger partial charge in [-0.25, -0.2) is 0 Å². The molecule has 0 aliphatic heterocycles. The van der Waals surface area contributed by atoms with Crippen molar-refractivity contribution in [2.45, 2.75) is 33.4 Å². The van der Waals surface area contributed by atoms with E-state index in [0.29, 0.717) is 0 Å². The highest BCUT2D eigenvalue weighted by Crippen LogP contribution is 2.30. The number of hydrogen-bond donors (Lipinski definition) is 0. The summed E-state index contributed by atoms with van der Waals surface area (Å²) in [5, 5.41) is 0. The zero-order valence-corrected chi connectivity index (χ0v) is 15.2. The second-order valence-corrected chi connectivity index (χ2v) is 8.44. The maximum absolute atomic E-state index is 12.8. The quantitative estimate of drug-likeness (QED) is 0.641. The minimum Gasteiger partial charge on any atom is -0.606 e. The van der Waals surface area contributed by atoms with Crippen LogP contribution >= 0.6 is 0 Å². The van der Waals surface area contributed by atoms with Crippen LogP contribution in [0.4, 0.5) is 0 Å². The van der Waals surface area contributed by atoms with E-state index >= 15 is 0 Å². The lowest BCUT2D eigenvalue weighted by atomic mass is 10.2. The summed E-state index contributed by atoms with van der Waals surface area (Å²) in [6.07, 6.45) is 0. The average molecular weight is 354 g/mol. The topological polar surface area (TPSA) is 46.1 Å². The van der Waals surface area contributed by atoms with Crippen molar-refractivity contribution in [2.24, 2.45) is 0 Å². The summed E-state index contributed by atoms with van der Waals surface area (Å²) < 4.78 is 25.6. The van der Waals surface area contributed by atoms with Crippen molar-refractivity contribution in [3.8, 4) is 0 Å². The third-order valence-corrected chi connectivity index (χ3v) is 6.87. The Morgan fingerprint density at radius 2 is 0.917 bits per heavy atom. The van der Waals surface area contributed by atoms with Gasteiger partial charge in [0.1, 0.15) is 0 Å². The standard InChI is InChI=1S/C20H18O2S2/c1-15-13-20(24(22)18-11-7-4-8-12-18)16(2)14-19(15)23(21)17-9-5-3-6-10-17/h3-14H,1-2H3. The van der Waals surface area contributed by atoms with Gasteiger partial charge >= 0.3 is 0 Å². The van der Waals surface area contributed by atoms with Gasteiger partial charge in [0.2, 0.25) is 0 Å². The highest BCUT2D eigenvalue weighted by atomic mass is 32.2. The molecule has 3 rings (SSSR count). The van der Waals surface area contributed by atoms with Gasteiger partial charge in [-0.1, -0.05) is 36.4 Å². The SMILES string of the molecule is Cc1cc([S+]([O-])c2ccccc2)c(C)cc1[S+]([O-])c1ccccc1. The van der Waals surface area contributed by atoms with E-state index in [1.54, 1.807) is 0 Å². The molecule has 3 aromatic rings. The van der Waals surface area contributed by atoms with Gasteiger partial charge in [0.25, 0.3) is 0 Å². The van der Waals surface area contributed by atoms with E-state index in [1.165, 1.54) is 0 Å². The van der Waals surface area contributed by atoms with E-state index in [9.17, 15) is 9.11 Å². The summed E-state index contributed by atoms with van der Waals surface area (Å²) in [6, 6.07) is 22.6. The second kappa shape index (κ2) is 7.45. The molecule has 0 aliphatic rings. The predicted molar refractivity (Wildman–Crippen MR) is 98.1 cm³/mol. The lowest BCUT2D eigenvalue weighted by Crippen LogP contribution is -2.09. The fraction of sp³-hybridized carbons (Fsp3) is 0.100. The second-order valence-electron chi connectivity index (χ2n) is 5.55. The van der Waals surface area contributed by atoms with Crippen LogP contribution < -0.4 is 0 Å². The first-order chi connectivity index (χ1) is 11.6. The van der Waals surface area contributed by atoms with Gasteiger partial charge in [0.05, 0.1) is 0 Å². The molecule has 0 radical (unpaired) electrons. The molecule has 0 aliphatic carbocycles. The molecule has 0 saturated carbocycles. The summed E-state index contributed by atoms with van der Waals surface area (Å²) >= 11 is -2.47. The van der Waals surface area contributed by atoms with Gasteiger partial charge in [-0.2, -0.15) is 0 Å². The van der Waals surface area contributed by atoms with Crippen LogP contribution in [0.3, 0.4) is 0 Å². The fourth-order valence-electron chi connectivity index (χ4n) is 2.50. The van der Waals surface area contributed by atoms with E-state index in [0.717, 1.165) is 30.7 Å². The Hall–Kier alpha value is -1.72. The van der Waals surface area contributed by atoms with Crippen LogP contribution in [0.1, 0.15) is 11.1 Å². The van der Waals surface area contributed by atoms with Crippen molar-refractivity contribution in [2.75, 3.05) is 0 Å². The van der Waals surface area contributed by atoms with Crippen LogP contribution in [-0.2, 0) is 22.4 Å². The molecule has 2 unspecified atom stereocenters. The summed E-state index contributed by atoms with van der Waals surface area (Å²) in [4.78, 5) is 3.09. The smallest absolute Gasteiger partial charge is 0.161 e. The van der Waals surface area contributed by atoms with Gasteiger partial charge in [0.15, 0.2) is 19.6 Å². The zero-order valence-electron chi connectivity index (χ0n) is 13.6. The summed E-state index contributed by atoms with van der Waals surface area (Å²) in [6.45, 7) is 3.84. The molecule has 3 aromatic carbocycles. The summed E-state index contributed by atoms with van der Waals surface area (Å²) in [7, 11) is 0. The van der Waals surface area contributed by atoms with Crippen molar-refractivity contribution in [3.05, 3.63) is 83.9 Å². The van der Waals surface area contributed by atoms with Gasteiger partial charge < -0.3 is 9.11 Å². The Morgan fingerprint density at radius 1 is 0.583 bits per heavy atom. The van der Waals surface area contributed by atoms with Crippen LogP contribution in [0, 0.1) is 13.8 Å². The number of aryl methyl sites for hydroxylation is 2. The average Bonchev–Trinajstić information content (AvgIpc) is 2.63. The molecular formula is C20H18O2S2. The molecule has 2 nitrogen and oxygen atoms in total. The molecule has 2 atom stereocenters. The Labute approximate surface area is 148 Å². The molecule has 0 heterocycles. The molecule has 24 heavy (non-hydrogen) atoms. The molecule has 0 amide bonds. The van der Waals surface area contributed by atoms with Crippen LogP contribution in [0.15, 0.2) is 92.4 Å². The van der Waals surface area contributed by atoms with Crippen molar-refractivity contribution in [3.63, 3.8) is 0 Å². The van der Waals surface area contributed by atoms with Crippen LogP contribution in [-0.4, -0.2) is 9.11 Å². The first kappa shape index (κ1) is 17.1. The molecule has 0 aromatic heterocycles. The zero-order chi connectivity index (χ0) is 17.1. The number of benzene rings is 3. The minimum atomic E-state index is -1.23. The fourth-order valence-corrected chi connectivity index (χ4v) is 5.09. The minimum absolute atomic E-state index is 0.771. The van der Waals surface area contributed by atoms with E-state index in [1.807, 2.05) is 86.6 Å². The van der Waals surface area contributed by atoms with Crippen LogP contribution in [0.2, 0.25) is 0 Å². The monoisotopic (exact) mass is 354 g/mol. The Morgan fingerprint density at radius 3 is 1.25 bits per heavy atom. The Kier molecular flexibility index (Phi) is 5.31. The van der Waals surface area contributed by atoms with Crippen molar-refractivity contribution < 1.29 is 9.11 Å². The normalized spacial score (nSPS) is 13.5. The van der Waals surface area contributed by atoms with Gasteiger partial charge in [-0.15, -0.1) is 0 Å². The van der Waals surface area contributed by atoms with E-state index in [4.69, 9.17) is 0 Å². The molecule has 0 fully saturated rings. The van der Waals surface area contributed by atoms with Crippen molar-refractivity contribution in [1.82, 2.24) is 0 Å². The molecule has 4 heteroatoms. The van der Waals surface area contributed by atoms with Crippen molar-refractivity contribution >= 4 is 22.4 Å². The summed E-state index contributed by atoms with van der Waals surface area (Å²) in [5.41, 5.74) is 1.78. The highest BCUT2D eigenvalue weighted by molar-refractivity contribution is 7.92. The predicted octanol–water partition coefficient (Wildman–Crippen LogP) is 4.64. The lowest BCUT2D eigenvalue weighted by molar-refractivity contribution is 0.591. The maximum atomic E-state index is 12.8. The van der Waals surface area contributed by atoms with Gasteiger partial charge in [-0.3, -0.25) is 0 Å². The molecule has 0 spiro atoms. The first-order valence-electron chi connectivity index (χ1n) is 7.63. The Balaban J connectivity index is 1.97. The van der Waals surface area contributed by atoms with Crippen LogP contribution in [0.25, 0.3) is 0 Å². The third kappa shape index (κ3) is 3.52.